The lowest BCUT2D eigenvalue weighted by Gasteiger charge is -2.26. The van der Waals surface area contributed by atoms with Crippen LogP contribution in [0.4, 0.5) is 5.69 Å². The molecule has 0 saturated carbocycles. The first kappa shape index (κ1) is 18.3. The summed E-state index contributed by atoms with van der Waals surface area (Å²) in [7, 11) is -3.73. The second kappa shape index (κ2) is 7.53. The van der Waals surface area contributed by atoms with Crippen LogP contribution in [0.25, 0.3) is 11.1 Å². The number of para-hydroxylation sites is 1. The van der Waals surface area contributed by atoms with Gasteiger partial charge in [0.15, 0.2) is 0 Å². The summed E-state index contributed by atoms with van der Waals surface area (Å²) in [4.78, 5) is 0.278. The van der Waals surface area contributed by atoms with Crippen molar-refractivity contribution in [3.8, 4) is 23.0 Å². The Hall–Kier alpha value is -3.03. The highest BCUT2D eigenvalue weighted by molar-refractivity contribution is 7.92. The zero-order chi connectivity index (χ0) is 19.6. The van der Waals surface area contributed by atoms with Crippen molar-refractivity contribution in [2.45, 2.75) is 24.7 Å². The van der Waals surface area contributed by atoms with Crippen molar-refractivity contribution in [1.29, 1.82) is 0 Å². The minimum absolute atomic E-state index is 0.134. The van der Waals surface area contributed by atoms with Gasteiger partial charge in [-0.25, -0.2) is 8.42 Å². The van der Waals surface area contributed by atoms with Crippen molar-refractivity contribution in [3.63, 3.8) is 0 Å². The molecular formula is C24H21NO2S. The molecule has 0 N–H and O–H groups in total. The van der Waals surface area contributed by atoms with E-state index in [1.54, 1.807) is 12.1 Å². The highest BCUT2D eigenvalue weighted by atomic mass is 32.2. The molecule has 0 atom stereocenters. The smallest absolute Gasteiger partial charge is 0.254 e. The van der Waals surface area contributed by atoms with Gasteiger partial charge in [0.25, 0.3) is 10.0 Å². The Labute approximate surface area is 166 Å². The number of benzene rings is 3. The van der Waals surface area contributed by atoms with E-state index in [9.17, 15) is 8.42 Å². The number of aryl methyl sites for hydroxylation is 2. The number of hydrogen-bond acceptors (Lipinski definition) is 2. The third-order valence-corrected chi connectivity index (χ3v) is 6.73. The Morgan fingerprint density at radius 2 is 1.50 bits per heavy atom. The van der Waals surface area contributed by atoms with E-state index in [1.807, 2.05) is 55.5 Å². The molecule has 1 aliphatic rings. The highest BCUT2D eigenvalue weighted by Crippen LogP contribution is 2.36. The maximum absolute atomic E-state index is 13.5. The van der Waals surface area contributed by atoms with Crippen LogP contribution in [0.1, 0.15) is 17.5 Å². The maximum Gasteiger partial charge on any atom is 0.265 e. The number of anilines is 1. The molecule has 140 valence electrons. The van der Waals surface area contributed by atoms with Crippen LogP contribution in [-0.2, 0) is 16.4 Å². The standard InChI is InChI=1S/C24H21NO2S/c1-19-14-16-21(17-15-19)28(26,27)25-18-8-2-3-9-20-10-4-5-11-22(20)23-12-6-7-13-24(23)25/h4-7,10-17H,3,9,18H2,1H3. The molecule has 3 aromatic carbocycles. The SMILES string of the molecule is Cc1ccc(S(=O)(=O)N2CC#CCCc3ccccc3-c3ccccc32)cc1. The highest BCUT2D eigenvalue weighted by Gasteiger charge is 2.27. The summed E-state index contributed by atoms with van der Waals surface area (Å²) in [6, 6.07) is 22.8. The van der Waals surface area contributed by atoms with Crippen molar-refractivity contribution in [1.82, 2.24) is 0 Å². The van der Waals surface area contributed by atoms with Gasteiger partial charge in [-0.1, -0.05) is 66.1 Å². The molecule has 3 aromatic rings. The largest absolute Gasteiger partial charge is 0.265 e. The summed E-state index contributed by atoms with van der Waals surface area (Å²) in [5.74, 6) is 6.19. The van der Waals surface area contributed by atoms with Gasteiger partial charge in [0, 0.05) is 12.0 Å². The van der Waals surface area contributed by atoms with E-state index in [0.717, 1.165) is 23.1 Å². The zero-order valence-corrected chi connectivity index (χ0v) is 16.5. The van der Waals surface area contributed by atoms with Gasteiger partial charge < -0.3 is 0 Å². The molecule has 0 fully saturated rings. The maximum atomic E-state index is 13.5. The van der Waals surface area contributed by atoms with E-state index in [1.165, 1.54) is 9.87 Å². The number of nitrogens with zero attached hydrogens (tertiary/aromatic N) is 1. The summed E-state index contributed by atoms with van der Waals surface area (Å²) < 4.78 is 28.4. The molecule has 0 radical (unpaired) electrons. The van der Waals surface area contributed by atoms with Gasteiger partial charge in [-0.2, -0.15) is 0 Å². The first-order valence-electron chi connectivity index (χ1n) is 9.30. The molecule has 28 heavy (non-hydrogen) atoms. The molecule has 0 saturated heterocycles. The van der Waals surface area contributed by atoms with Gasteiger partial charge in [0.2, 0.25) is 0 Å². The van der Waals surface area contributed by atoms with E-state index in [2.05, 4.69) is 24.0 Å². The van der Waals surface area contributed by atoms with Gasteiger partial charge in [-0.3, -0.25) is 4.31 Å². The summed E-state index contributed by atoms with van der Waals surface area (Å²) in [5.41, 5.74) is 4.84. The van der Waals surface area contributed by atoms with Crippen LogP contribution in [0.2, 0.25) is 0 Å². The summed E-state index contributed by atoms with van der Waals surface area (Å²) in [6.45, 7) is 2.08. The topological polar surface area (TPSA) is 37.4 Å². The van der Waals surface area contributed by atoms with Crippen molar-refractivity contribution in [2.75, 3.05) is 10.8 Å². The lowest BCUT2D eigenvalue weighted by molar-refractivity contribution is 0.593. The Balaban J connectivity index is 1.93. The average molecular weight is 388 g/mol. The molecule has 4 rings (SSSR count). The van der Waals surface area contributed by atoms with Crippen molar-refractivity contribution < 1.29 is 8.42 Å². The van der Waals surface area contributed by atoms with Gasteiger partial charge in [-0.05, 0) is 42.7 Å². The lowest BCUT2D eigenvalue weighted by Crippen LogP contribution is -2.32. The third-order valence-electron chi connectivity index (χ3n) is 4.96. The second-order valence-corrected chi connectivity index (χ2v) is 8.71. The van der Waals surface area contributed by atoms with Crippen LogP contribution >= 0.6 is 0 Å². The van der Waals surface area contributed by atoms with Gasteiger partial charge in [-0.15, -0.1) is 5.92 Å². The normalized spacial score (nSPS) is 13.7. The number of rotatable bonds is 2. The molecule has 3 nitrogen and oxygen atoms in total. The first-order valence-corrected chi connectivity index (χ1v) is 10.7. The predicted molar refractivity (Wildman–Crippen MR) is 114 cm³/mol. The molecule has 0 spiro atoms. The summed E-state index contributed by atoms with van der Waals surface area (Å²) in [6.07, 6.45) is 1.56. The lowest BCUT2D eigenvalue weighted by atomic mass is 9.95. The Morgan fingerprint density at radius 1 is 0.821 bits per heavy atom. The Bertz CT molecular complexity index is 1170. The van der Waals surface area contributed by atoms with Gasteiger partial charge >= 0.3 is 0 Å². The third kappa shape index (κ3) is 3.42. The average Bonchev–Trinajstić information content (AvgIpc) is 2.71. The minimum Gasteiger partial charge on any atom is -0.254 e. The van der Waals surface area contributed by atoms with Crippen LogP contribution in [0, 0.1) is 18.8 Å². The Morgan fingerprint density at radius 3 is 2.29 bits per heavy atom. The molecule has 0 amide bonds. The zero-order valence-electron chi connectivity index (χ0n) is 15.7. The van der Waals surface area contributed by atoms with E-state index >= 15 is 0 Å². The number of fused-ring (bicyclic) bond motifs is 3. The minimum atomic E-state index is -3.73. The van der Waals surface area contributed by atoms with Crippen LogP contribution < -0.4 is 4.31 Å². The molecule has 0 unspecified atom stereocenters. The predicted octanol–water partition coefficient (Wildman–Crippen LogP) is 4.81. The molecule has 0 bridgehead atoms. The number of hydrogen-bond donors (Lipinski definition) is 0. The van der Waals surface area contributed by atoms with Crippen LogP contribution in [0.5, 0.6) is 0 Å². The summed E-state index contributed by atoms with van der Waals surface area (Å²) >= 11 is 0. The van der Waals surface area contributed by atoms with E-state index in [0.29, 0.717) is 12.1 Å². The Kier molecular flexibility index (Phi) is 4.93. The van der Waals surface area contributed by atoms with Crippen LogP contribution in [0.3, 0.4) is 0 Å². The van der Waals surface area contributed by atoms with Gasteiger partial charge in [0.05, 0.1) is 17.1 Å². The molecule has 1 heterocycles. The van der Waals surface area contributed by atoms with E-state index < -0.39 is 10.0 Å². The summed E-state index contributed by atoms with van der Waals surface area (Å²) in [5, 5.41) is 0. The monoisotopic (exact) mass is 387 g/mol. The van der Waals surface area contributed by atoms with Gasteiger partial charge in [0.1, 0.15) is 0 Å². The van der Waals surface area contributed by atoms with Crippen molar-refractivity contribution in [3.05, 3.63) is 83.9 Å². The fourth-order valence-electron chi connectivity index (χ4n) is 3.47. The van der Waals surface area contributed by atoms with Crippen LogP contribution in [-0.4, -0.2) is 15.0 Å². The first-order chi connectivity index (χ1) is 13.6. The second-order valence-electron chi connectivity index (χ2n) is 6.85. The molecule has 1 aliphatic heterocycles. The van der Waals surface area contributed by atoms with E-state index in [4.69, 9.17) is 0 Å². The molecular weight excluding hydrogens is 366 g/mol. The molecule has 4 heteroatoms. The number of sulfonamides is 1. The van der Waals surface area contributed by atoms with E-state index in [-0.39, 0.29) is 11.4 Å². The molecule has 0 aromatic heterocycles. The van der Waals surface area contributed by atoms with Crippen molar-refractivity contribution in [2.24, 2.45) is 0 Å². The van der Waals surface area contributed by atoms with Crippen molar-refractivity contribution >= 4 is 15.7 Å². The fraction of sp³-hybridized carbons (Fsp3) is 0.167. The quantitative estimate of drug-likeness (QED) is 0.592. The fourth-order valence-corrected chi connectivity index (χ4v) is 4.86. The van der Waals surface area contributed by atoms with Crippen LogP contribution in [0.15, 0.2) is 77.7 Å². The molecule has 0 aliphatic carbocycles.